The number of nitrogens with one attached hydrogen (secondary N) is 1. The molecule has 3 rings (SSSR count). The van der Waals surface area contributed by atoms with Gasteiger partial charge in [-0.25, -0.2) is 4.79 Å². The van der Waals surface area contributed by atoms with Gasteiger partial charge in [-0.1, -0.05) is 32.4 Å². The minimum absolute atomic E-state index is 0.0292. The number of amides is 3. The summed E-state index contributed by atoms with van der Waals surface area (Å²) < 4.78 is 5.71. The van der Waals surface area contributed by atoms with Crippen molar-refractivity contribution in [3.8, 4) is 5.75 Å². The maximum absolute atomic E-state index is 12.4. The molecule has 0 bridgehead atoms. The third-order valence-corrected chi connectivity index (χ3v) is 5.44. The molecule has 1 heterocycles. The van der Waals surface area contributed by atoms with E-state index in [1.807, 2.05) is 26.8 Å². The Kier molecular flexibility index (Phi) is 6.55. The average molecular weight is 458 g/mol. The molecule has 32 heavy (non-hydrogen) atoms. The van der Waals surface area contributed by atoms with Crippen LogP contribution in [0.25, 0.3) is 11.1 Å². The van der Waals surface area contributed by atoms with Crippen LogP contribution in [0.4, 0.5) is 16.2 Å². The summed E-state index contributed by atoms with van der Waals surface area (Å²) in [5.41, 5.74) is 2.37. The SMILES string of the molecule is COc1c(/C=C(\Cl)c2ccc([N+](=O)[O-])cc2)cc(N2CCC(=O)NC2=O)cc1C(C)(C)C. The Morgan fingerprint density at radius 1 is 1.22 bits per heavy atom. The Morgan fingerprint density at radius 2 is 1.88 bits per heavy atom. The molecule has 2 aromatic rings. The van der Waals surface area contributed by atoms with Crippen LogP contribution in [0.1, 0.15) is 43.9 Å². The Morgan fingerprint density at radius 3 is 2.41 bits per heavy atom. The van der Waals surface area contributed by atoms with Gasteiger partial charge in [-0.05, 0) is 41.3 Å². The highest BCUT2D eigenvalue weighted by Gasteiger charge is 2.28. The lowest BCUT2D eigenvalue weighted by Gasteiger charge is -2.30. The number of carbonyl (C=O) groups is 2. The highest BCUT2D eigenvalue weighted by molar-refractivity contribution is 6.51. The molecular weight excluding hydrogens is 434 g/mol. The summed E-state index contributed by atoms with van der Waals surface area (Å²) in [5.74, 6) is 0.298. The number of benzene rings is 2. The summed E-state index contributed by atoms with van der Waals surface area (Å²) in [5, 5.41) is 13.6. The number of urea groups is 1. The lowest BCUT2D eigenvalue weighted by molar-refractivity contribution is -0.384. The van der Waals surface area contributed by atoms with Crippen LogP contribution >= 0.6 is 11.6 Å². The summed E-state index contributed by atoms with van der Waals surface area (Å²) in [6.45, 7) is 6.35. The fraction of sp³-hybridized carbons (Fsp3) is 0.304. The molecule has 9 heteroatoms. The van der Waals surface area contributed by atoms with Gasteiger partial charge < -0.3 is 4.74 Å². The number of rotatable bonds is 5. The standard InChI is InChI=1S/C23H24ClN3O5/c1-23(2,3)18-13-17(26-10-9-20(28)25-22(26)29)11-15(21(18)32-4)12-19(24)14-5-7-16(8-6-14)27(30)31/h5-8,11-13H,9-10H2,1-4H3,(H,25,28,29)/b19-12-. The number of carbonyl (C=O) groups excluding carboxylic acids is 2. The summed E-state index contributed by atoms with van der Waals surface area (Å²) in [7, 11) is 1.56. The number of hydrogen-bond acceptors (Lipinski definition) is 5. The quantitative estimate of drug-likeness (QED) is 0.383. The summed E-state index contributed by atoms with van der Waals surface area (Å²) in [6.07, 6.45) is 1.91. The van der Waals surface area contributed by atoms with Crippen LogP contribution in [0.15, 0.2) is 36.4 Å². The minimum atomic E-state index is -0.484. The summed E-state index contributed by atoms with van der Waals surface area (Å²) >= 11 is 6.55. The first kappa shape index (κ1) is 23.3. The van der Waals surface area contributed by atoms with E-state index in [2.05, 4.69) is 5.32 Å². The highest BCUT2D eigenvalue weighted by Crippen LogP contribution is 2.40. The molecule has 0 aliphatic carbocycles. The van der Waals surface area contributed by atoms with Crippen LogP contribution in [-0.4, -0.2) is 30.5 Å². The van der Waals surface area contributed by atoms with Gasteiger partial charge in [0, 0.05) is 46.9 Å². The number of ether oxygens (including phenoxy) is 1. The van der Waals surface area contributed by atoms with E-state index in [-0.39, 0.29) is 30.0 Å². The van der Waals surface area contributed by atoms with Gasteiger partial charge in [-0.2, -0.15) is 0 Å². The molecule has 1 saturated heterocycles. The first-order valence-electron chi connectivity index (χ1n) is 9.97. The molecule has 0 aromatic heterocycles. The molecular formula is C23H24ClN3O5. The van der Waals surface area contributed by atoms with Gasteiger partial charge in [0.1, 0.15) is 5.75 Å². The van der Waals surface area contributed by atoms with Crippen LogP contribution in [0, 0.1) is 10.1 Å². The lowest BCUT2D eigenvalue weighted by Crippen LogP contribution is -2.49. The van der Waals surface area contributed by atoms with E-state index in [0.717, 1.165) is 5.56 Å². The van der Waals surface area contributed by atoms with Crippen molar-refractivity contribution >= 4 is 46.0 Å². The van der Waals surface area contributed by atoms with Crippen molar-refractivity contribution in [2.24, 2.45) is 0 Å². The average Bonchev–Trinajstić information content (AvgIpc) is 2.72. The van der Waals surface area contributed by atoms with Gasteiger partial charge in [-0.15, -0.1) is 0 Å². The van der Waals surface area contributed by atoms with E-state index >= 15 is 0 Å². The molecule has 1 N–H and O–H groups in total. The monoisotopic (exact) mass is 457 g/mol. The highest BCUT2D eigenvalue weighted by atomic mass is 35.5. The van der Waals surface area contributed by atoms with Crippen molar-refractivity contribution in [2.45, 2.75) is 32.6 Å². The molecule has 2 aromatic carbocycles. The molecule has 8 nitrogen and oxygen atoms in total. The molecule has 1 aliphatic rings. The van der Waals surface area contributed by atoms with E-state index < -0.39 is 11.0 Å². The molecule has 1 fully saturated rings. The zero-order chi connectivity index (χ0) is 23.6. The Bertz CT molecular complexity index is 1100. The topological polar surface area (TPSA) is 102 Å². The van der Waals surface area contributed by atoms with Gasteiger partial charge in [0.15, 0.2) is 0 Å². The van der Waals surface area contributed by atoms with Crippen LogP contribution < -0.4 is 15.0 Å². The molecule has 168 valence electrons. The molecule has 0 saturated carbocycles. The number of nitrogens with zero attached hydrogens (tertiary/aromatic N) is 2. The number of anilines is 1. The van der Waals surface area contributed by atoms with Crippen molar-refractivity contribution in [1.29, 1.82) is 0 Å². The van der Waals surface area contributed by atoms with Gasteiger partial charge in [0.25, 0.3) is 5.69 Å². The van der Waals surface area contributed by atoms with Crippen molar-refractivity contribution in [3.05, 3.63) is 63.2 Å². The molecule has 0 radical (unpaired) electrons. The predicted octanol–water partition coefficient (Wildman–Crippen LogP) is 5.08. The van der Waals surface area contributed by atoms with Crippen LogP contribution in [0.5, 0.6) is 5.75 Å². The van der Waals surface area contributed by atoms with Gasteiger partial charge >= 0.3 is 6.03 Å². The van der Waals surface area contributed by atoms with Crippen molar-refractivity contribution in [3.63, 3.8) is 0 Å². The summed E-state index contributed by atoms with van der Waals surface area (Å²) in [4.78, 5) is 35.9. The van der Waals surface area contributed by atoms with E-state index in [1.165, 1.54) is 17.0 Å². The Hall–Kier alpha value is -3.39. The van der Waals surface area contributed by atoms with E-state index in [1.54, 1.807) is 31.4 Å². The van der Waals surface area contributed by atoms with Gasteiger partial charge in [0.05, 0.1) is 12.0 Å². The molecule has 0 atom stereocenters. The second-order valence-electron chi connectivity index (χ2n) is 8.42. The third kappa shape index (κ3) is 4.91. The first-order chi connectivity index (χ1) is 15.0. The fourth-order valence-electron chi connectivity index (χ4n) is 3.46. The van der Waals surface area contributed by atoms with E-state index in [9.17, 15) is 19.7 Å². The predicted molar refractivity (Wildman–Crippen MR) is 124 cm³/mol. The Balaban J connectivity index is 2.12. The third-order valence-electron chi connectivity index (χ3n) is 5.12. The summed E-state index contributed by atoms with van der Waals surface area (Å²) in [6, 6.07) is 9.08. The first-order valence-corrected chi connectivity index (χ1v) is 10.3. The fourth-order valence-corrected chi connectivity index (χ4v) is 3.70. The van der Waals surface area contributed by atoms with Crippen molar-refractivity contribution in [2.75, 3.05) is 18.6 Å². The number of halogens is 1. The molecule has 0 spiro atoms. The van der Waals surface area contributed by atoms with E-state index in [4.69, 9.17) is 16.3 Å². The number of hydrogen-bond donors (Lipinski definition) is 1. The molecule has 0 unspecified atom stereocenters. The van der Waals surface area contributed by atoms with Gasteiger partial charge in [0.2, 0.25) is 5.91 Å². The number of methoxy groups -OCH3 is 1. The maximum atomic E-state index is 12.4. The second-order valence-corrected chi connectivity index (χ2v) is 8.82. The smallest absolute Gasteiger partial charge is 0.328 e. The number of non-ortho nitro benzene ring substituents is 1. The van der Waals surface area contributed by atoms with Crippen molar-refractivity contribution in [1.82, 2.24) is 5.32 Å². The van der Waals surface area contributed by atoms with Crippen molar-refractivity contribution < 1.29 is 19.2 Å². The van der Waals surface area contributed by atoms with Crippen LogP contribution in [-0.2, 0) is 10.2 Å². The molecule has 1 aliphatic heterocycles. The van der Waals surface area contributed by atoms with Crippen LogP contribution in [0.3, 0.4) is 0 Å². The second kappa shape index (κ2) is 9.00. The number of imide groups is 1. The lowest BCUT2D eigenvalue weighted by atomic mass is 9.84. The normalized spacial score (nSPS) is 14.9. The Labute approximate surface area is 191 Å². The minimum Gasteiger partial charge on any atom is -0.496 e. The maximum Gasteiger partial charge on any atom is 0.328 e. The van der Waals surface area contributed by atoms with Gasteiger partial charge in [-0.3, -0.25) is 25.1 Å². The number of nitro benzene ring substituents is 1. The largest absolute Gasteiger partial charge is 0.496 e. The zero-order valence-electron chi connectivity index (χ0n) is 18.3. The number of nitro groups is 1. The van der Waals surface area contributed by atoms with E-state index in [0.29, 0.717) is 27.6 Å². The zero-order valence-corrected chi connectivity index (χ0v) is 19.0. The molecule has 3 amide bonds. The van der Waals surface area contributed by atoms with Crippen LogP contribution in [0.2, 0.25) is 0 Å².